The number of esters is 1. The number of nitrogens with zero attached hydrogens (tertiary/aromatic N) is 3. The van der Waals surface area contributed by atoms with Crippen LogP contribution < -0.4 is 4.90 Å². The molecular weight excluding hydrogens is 521 g/mol. The number of amides is 1. The molecule has 3 aliphatic heterocycles. The molecule has 1 N–H and O–H groups in total. The zero-order valence-corrected chi connectivity index (χ0v) is 22.3. The van der Waals surface area contributed by atoms with Crippen LogP contribution in [0.4, 0.5) is 18.9 Å². The Bertz CT molecular complexity index is 1450. The van der Waals surface area contributed by atoms with E-state index in [1.165, 1.54) is 6.07 Å². The molecule has 10 heteroatoms. The number of halogens is 3. The number of hydrogen-bond acceptors (Lipinski definition) is 5. The Hall–Kier alpha value is -3.79. The van der Waals surface area contributed by atoms with E-state index in [0.717, 1.165) is 35.3 Å². The molecule has 0 atom stereocenters. The maximum atomic E-state index is 13.8. The van der Waals surface area contributed by atoms with E-state index in [4.69, 9.17) is 4.74 Å². The van der Waals surface area contributed by atoms with Gasteiger partial charge < -0.3 is 19.5 Å². The van der Waals surface area contributed by atoms with Crippen molar-refractivity contribution in [2.75, 3.05) is 44.2 Å². The topological polar surface area (TPSA) is 68.9 Å². The lowest BCUT2D eigenvalue weighted by Gasteiger charge is -2.41. The highest BCUT2D eigenvalue weighted by molar-refractivity contribution is 6.07. The number of piperidine rings is 1. The van der Waals surface area contributed by atoms with Gasteiger partial charge in [0.15, 0.2) is 0 Å². The summed E-state index contributed by atoms with van der Waals surface area (Å²) in [7, 11) is 0. The molecular formula is C30H31F3N4O3. The third-order valence-corrected chi connectivity index (χ3v) is 8.39. The molecule has 1 spiro atoms. The van der Waals surface area contributed by atoms with Gasteiger partial charge in [0.1, 0.15) is 5.60 Å². The molecule has 2 aromatic carbocycles. The van der Waals surface area contributed by atoms with Gasteiger partial charge in [-0.2, -0.15) is 13.2 Å². The van der Waals surface area contributed by atoms with Gasteiger partial charge in [-0.3, -0.25) is 9.69 Å². The van der Waals surface area contributed by atoms with Gasteiger partial charge in [-0.25, -0.2) is 4.79 Å². The highest BCUT2D eigenvalue weighted by atomic mass is 19.4. The van der Waals surface area contributed by atoms with E-state index >= 15 is 0 Å². The van der Waals surface area contributed by atoms with Crippen LogP contribution in [0.15, 0.2) is 65.7 Å². The lowest BCUT2D eigenvalue weighted by atomic mass is 9.82. The third kappa shape index (κ3) is 4.85. The number of nitrogens with one attached hydrogen (secondary N) is 1. The fourth-order valence-corrected chi connectivity index (χ4v) is 6.19. The van der Waals surface area contributed by atoms with E-state index in [1.807, 2.05) is 23.1 Å². The molecule has 210 valence electrons. The van der Waals surface area contributed by atoms with E-state index in [2.05, 4.69) is 22.0 Å². The monoisotopic (exact) mass is 552 g/mol. The highest BCUT2D eigenvalue weighted by Gasteiger charge is 2.51. The second-order valence-electron chi connectivity index (χ2n) is 10.9. The van der Waals surface area contributed by atoms with Crippen molar-refractivity contribution < 1.29 is 27.5 Å². The van der Waals surface area contributed by atoms with Gasteiger partial charge in [-0.1, -0.05) is 24.3 Å². The van der Waals surface area contributed by atoms with Crippen LogP contribution in [0.5, 0.6) is 0 Å². The third-order valence-electron chi connectivity index (χ3n) is 8.39. The Morgan fingerprint density at radius 3 is 2.40 bits per heavy atom. The first-order valence-corrected chi connectivity index (χ1v) is 13.6. The quantitative estimate of drug-likeness (QED) is 0.474. The number of hydrogen-bond donors (Lipinski definition) is 1. The molecule has 6 rings (SSSR count). The number of aromatic amines is 1. The van der Waals surface area contributed by atoms with Gasteiger partial charge in [0.2, 0.25) is 0 Å². The lowest BCUT2D eigenvalue weighted by Crippen LogP contribution is -2.53. The predicted octanol–water partition coefficient (Wildman–Crippen LogP) is 4.74. The molecule has 0 radical (unpaired) electrons. The van der Waals surface area contributed by atoms with E-state index < -0.39 is 23.3 Å². The number of H-pyrrole nitrogens is 1. The largest absolute Gasteiger partial charge is 0.450 e. The van der Waals surface area contributed by atoms with Gasteiger partial charge in [0, 0.05) is 81.1 Å². The van der Waals surface area contributed by atoms with Crippen molar-refractivity contribution >= 4 is 28.5 Å². The molecule has 0 bridgehead atoms. The van der Waals surface area contributed by atoms with Crippen molar-refractivity contribution in [3.8, 4) is 0 Å². The molecule has 3 aliphatic rings. The van der Waals surface area contributed by atoms with E-state index in [-0.39, 0.29) is 5.91 Å². The number of anilines is 1. The Morgan fingerprint density at radius 2 is 1.70 bits per heavy atom. The zero-order valence-electron chi connectivity index (χ0n) is 22.3. The van der Waals surface area contributed by atoms with E-state index in [0.29, 0.717) is 68.9 Å². The zero-order chi connectivity index (χ0) is 28.1. The number of alkyl halides is 3. The van der Waals surface area contributed by atoms with Crippen molar-refractivity contribution in [3.05, 3.63) is 77.0 Å². The first-order chi connectivity index (χ1) is 19.1. The maximum absolute atomic E-state index is 13.8. The van der Waals surface area contributed by atoms with Crippen LogP contribution in [-0.4, -0.2) is 71.5 Å². The minimum Gasteiger partial charge on any atom is -0.450 e. The number of para-hydroxylation sites is 1. The number of carbonyl (C=O) groups is 2. The molecule has 2 saturated heterocycles. The minimum atomic E-state index is -4.41. The summed E-state index contributed by atoms with van der Waals surface area (Å²) < 4.78 is 45.4. The molecule has 2 fully saturated rings. The van der Waals surface area contributed by atoms with Crippen molar-refractivity contribution in [2.24, 2.45) is 0 Å². The van der Waals surface area contributed by atoms with Crippen LogP contribution in [0.1, 0.15) is 31.0 Å². The molecule has 3 aromatic rings. The summed E-state index contributed by atoms with van der Waals surface area (Å²) in [5, 5.41) is 1.16. The lowest BCUT2D eigenvalue weighted by molar-refractivity contribution is -0.151. The van der Waals surface area contributed by atoms with E-state index in [1.54, 1.807) is 17.9 Å². The van der Waals surface area contributed by atoms with Gasteiger partial charge >= 0.3 is 12.1 Å². The molecule has 1 aromatic heterocycles. The number of piperazine rings is 1. The average Bonchev–Trinajstić information content (AvgIpc) is 3.46. The number of aromatic nitrogens is 1. The highest BCUT2D eigenvalue weighted by Crippen LogP contribution is 2.42. The molecule has 4 heterocycles. The second-order valence-corrected chi connectivity index (χ2v) is 10.9. The summed E-state index contributed by atoms with van der Waals surface area (Å²) >= 11 is 0. The average molecular weight is 553 g/mol. The van der Waals surface area contributed by atoms with Crippen molar-refractivity contribution in [3.63, 3.8) is 0 Å². The Labute approximate surface area is 230 Å². The summed E-state index contributed by atoms with van der Waals surface area (Å²) in [6.45, 7) is 5.25. The maximum Gasteiger partial charge on any atom is 0.416 e. The van der Waals surface area contributed by atoms with Crippen LogP contribution in [0.3, 0.4) is 0 Å². The fourth-order valence-electron chi connectivity index (χ4n) is 6.19. The minimum absolute atomic E-state index is 0.212. The van der Waals surface area contributed by atoms with Crippen LogP contribution in [0.25, 0.3) is 10.9 Å². The SMILES string of the molecule is CC1=C(C(=O)N2CCN(c3cccc(C(F)(F)F)c3)CC2)C2(CCN(Cc3cc4ccccc4[nH]3)CC2)OC1=O. The molecule has 0 aliphatic carbocycles. The normalized spacial score (nSPS) is 20.1. The first kappa shape index (κ1) is 26.4. The summed E-state index contributed by atoms with van der Waals surface area (Å²) in [5.41, 5.74) is 1.86. The van der Waals surface area contributed by atoms with Gasteiger partial charge in [0.05, 0.1) is 11.1 Å². The standard InChI is InChI=1S/C30H31F3N4O3/c1-20-26(27(38)37-15-13-36(14-16-37)24-7-4-6-22(18-24)30(31,32)33)29(40-28(20)39)9-11-35(12-10-29)19-23-17-21-5-2-3-8-25(21)34-23/h2-8,17-18,34H,9-16,19H2,1H3. The Balaban J connectivity index is 1.11. The molecule has 0 saturated carbocycles. The van der Waals surface area contributed by atoms with Crippen LogP contribution in [0, 0.1) is 0 Å². The molecule has 40 heavy (non-hydrogen) atoms. The fraction of sp³-hybridized carbons (Fsp3) is 0.400. The number of benzene rings is 2. The van der Waals surface area contributed by atoms with E-state index in [9.17, 15) is 22.8 Å². The van der Waals surface area contributed by atoms with Crippen LogP contribution in [0.2, 0.25) is 0 Å². The smallest absolute Gasteiger partial charge is 0.416 e. The van der Waals surface area contributed by atoms with Crippen LogP contribution >= 0.6 is 0 Å². The number of carbonyl (C=O) groups excluding carboxylic acids is 2. The second kappa shape index (κ2) is 9.99. The summed E-state index contributed by atoms with van der Waals surface area (Å²) in [4.78, 5) is 35.8. The van der Waals surface area contributed by atoms with Gasteiger partial charge in [0.25, 0.3) is 5.91 Å². The number of likely N-dealkylation sites (tertiary alicyclic amines) is 1. The number of ether oxygens (including phenoxy) is 1. The van der Waals surface area contributed by atoms with Crippen molar-refractivity contribution in [2.45, 2.75) is 38.1 Å². The first-order valence-electron chi connectivity index (χ1n) is 13.6. The van der Waals surface area contributed by atoms with Crippen molar-refractivity contribution in [1.82, 2.24) is 14.8 Å². The van der Waals surface area contributed by atoms with Crippen molar-refractivity contribution in [1.29, 1.82) is 0 Å². The number of rotatable bonds is 4. The summed E-state index contributed by atoms with van der Waals surface area (Å²) in [6, 6.07) is 15.5. The molecule has 7 nitrogen and oxygen atoms in total. The Morgan fingerprint density at radius 1 is 0.975 bits per heavy atom. The van der Waals surface area contributed by atoms with Gasteiger partial charge in [-0.15, -0.1) is 0 Å². The summed E-state index contributed by atoms with van der Waals surface area (Å²) in [6.07, 6.45) is -3.35. The Kier molecular flexibility index (Phi) is 6.60. The molecule has 1 amide bonds. The molecule has 0 unspecified atom stereocenters. The number of fused-ring (bicyclic) bond motifs is 1. The summed E-state index contributed by atoms with van der Waals surface area (Å²) in [5.74, 6) is -0.661. The predicted molar refractivity (Wildman–Crippen MR) is 145 cm³/mol. The van der Waals surface area contributed by atoms with Crippen LogP contribution in [-0.2, 0) is 27.0 Å². The van der Waals surface area contributed by atoms with Gasteiger partial charge in [-0.05, 0) is 42.6 Å².